The summed E-state index contributed by atoms with van der Waals surface area (Å²) in [7, 11) is 0. The zero-order valence-electron chi connectivity index (χ0n) is 21.1. The molecule has 0 aromatic heterocycles. The molecule has 0 amide bonds. The van der Waals surface area contributed by atoms with Crippen molar-refractivity contribution in [3.05, 3.63) is 90.0 Å². The molecule has 3 rings (SSSR count). The zero-order valence-corrected chi connectivity index (χ0v) is 21.1. The van der Waals surface area contributed by atoms with Crippen molar-refractivity contribution in [2.75, 3.05) is 24.5 Å². The second-order valence-electron chi connectivity index (χ2n) is 9.18. The molecule has 0 atom stereocenters. The summed E-state index contributed by atoms with van der Waals surface area (Å²) in [5, 5.41) is 17.8. The third-order valence-corrected chi connectivity index (χ3v) is 6.37. The van der Waals surface area contributed by atoms with Gasteiger partial charge in [-0.1, -0.05) is 67.6 Å². The summed E-state index contributed by atoms with van der Waals surface area (Å²) in [5.74, 6) is 0. The Morgan fingerprint density at radius 3 is 2.11 bits per heavy atom. The Labute approximate surface area is 210 Å². The summed E-state index contributed by atoms with van der Waals surface area (Å²) in [6.45, 7) is 9.12. The fraction of sp³-hybridized carbons (Fsp3) is 0.323. The number of para-hydroxylation sites is 1. The Bertz CT molecular complexity index is 1180. The summed E-state index contributed by atoms with van der Waals surface area (Å²) < 4.78 is 2.45. The van der Waals surface area contributed by atoms with Crippen molar-refractivity contribution in [1.29, 1.82) is 10.5 Å². The Morgan fingerprint density at radius 2 is 1.49 bits per heavy atom. The van der Waals surface area contributed by atoms with Crippen molar-refractivity contribution >= 4 is 23.2 Å². The maximum absolute atomic E-state index is 8.89. The number of rotatable bonds is 11. The number of benzene rings is 2. The van der Waals surface area contributed by atoms with Crippen LogP contribution < -0.4 is 4.90 Å². The molecule has 2 aromatic carbocycles. The highest BCUT2D eigenvalue weighted by molar-refractivity contribution is 6.03. The summed E-state index contributed by atoms with van der Waals surface area (Å²) in [5.41, 5.74) is 6.19. The Morgan fingerprint density at radius 1 is 0.857 bits per heavy atom. The first-order valence-corrected chi connectivity index (χ1v) is 12.4. The average Bonchev–Trinajstić information content (AvgIpc) is 3.08. The van der Waals surface area contributed by atoms with Gasteiger partial charge in [-0.2, -0.15) is 15.1 Å². The second-order valence-corrected chi connectivity index (χ2v) is 9.18. The van der Waals surface area contributed by atoms with E-state index in [2.05, 4.69) is 121 Å². The van der Waals surface area contributed by atoms with E-state index < -0.39 is 0 Å². The Kier molecular flexibility index (Phi) is 9.22. The molecule has 0 fully saturated rings. The van der Waals surface area contributed by atoms with Gasteiger partial charge in [0.05, 0.1) is 30.4 Å². The minimum absolute atomic E-state index is 0.0119. The fourth-order valence-electron chi connectivity index (χ4n) is 4.58. The molecule has 0 unspecified atom stereocenters. The number of nitrogens with zero attached hydrogens (tertiary/aromatic N) is 4. The quantitative estimate of drug-likeness (QED) is 0.268. The molecule has 2 aromatic rings. The van der Waals surface area contributed by atoms with E-state index in [0.29, 0.717) is 25.9 Å². The maximum atomic E-state index is 8.89. The van der Waals surface area contributed by atoms with Crippen molar-refractivity contribution in [3.63, 3.8) is 0 Å². The number of hydrogen-bond acceptors (Lipinski definition) is 3. The lowest BCUT2D eigenvalue weighted by molar-refractivity contribution is -0.437. The maximum Gasteiger partial charge on any atom is 0.209 e. The molecule has 0 saturated carbocycles. The zero-order chi connectivity index (χ0) is 25.1. The van der Waals surface area contributed by atoms with E-state index in [1.807, 2.05) is 6.08 Å². The smallest absolute Gasteiger partial charge is 0.209 e. The summed E-state index contributed by atoms with van der Waals surface area (Å²) in [4.78, 5) is 2.09. The monoisotopic (exact) mass is 463 g/mol. The van der Waals surface area contributed by atoms with Crippen LogP contribution in [0.3, 0.4) is 0 Å². The number of hydrogen-bond donors (Lipinski definition) is 0. The molecule has 35 heavy (non-hydrogen) atoms. The Balaban J connectivity index is 1.65. The van der Waals surface area contributed by atoms with E-state index in [1.54, 1.807) is 0 Å². The van der Waals surface area contributed by atoms with Crippen molar-refractivity contribution in [1.82, 2.24) is 0 Å². The van der Waals surface area contributed by atoms with E-state index in [9.17, 15) is 0 Å². The van der Waals surface area contributed by atoms with Crippen LogP contribution in [-0.2, 0) is 5.41 Å². The van der Waals surface area contributed by atoms with Gasteiger partial charge in [-0.15, -0.1) is 0 Å². The van der Waals surface area contributed by atoms with Gasteiger partial charge in [0.1, 0.15) is 6.54 Å². The highest BCUT2D eigenvalue weighted by atomic mass is 15.1. The first-order valence-electron chi connectivity index (χ1n) is 12.4. The summed E-state index contributed by atoms with van der Waals surface area (Å²) in [6.07, 6.45) is 14.6. The van der Waals surface area contributed by atoms with Crippen LogP contribution in [0.2, 0.25) is 0 Å². The molecule has 178 valence electrons. The van der Waals surface area contributed by atoms with E-state index in [1.165, 1.54) is 17.0 Å². The number of fused-ring (bicyclic) bond motifs is 1. The van der Waals surface area contributed by atoms with Gasteiger partial charge in [-0.3, -0.25) is 0 Å². The third kappa shape index (κ3) is 6.37. The third-order valence-electron chi connectivity index (χ3n) is 6.37. The van der Waals surface area contributed by atoms with Gasteiger partial charge >= 0.3 is 0 Å². The normalized spacial score (nSPS) is 14.5. The lowest BCUT2D eigenvalue weighted by Gasteiger charge is -2.22. The number of anilines is 1. The van der Waals surface area contributed by atoms with E-state index in [0.717, 1.165) is 24.2 Å². The predicted molar refractivity (Wildman–Crippen MR) is 146 cm³/mol. The van der Waals surface area contributed by atoms with Gasteiger partial charge in [0.15, 0.2) is 5.71 Å². The molecular weight excluding hydrogens is 428 g/mol. The molecule has 0 aliphatic carbocycles. The van der Waals surface area contributed by atoms with E-state index in [-0.39, 0.29) is 5.41 Å². The van der Waals surface area contributed by atoms with Gasteiger partial charge in [0.2, 0.25) is 5.69 Å². The van der Waals surface area contributed by atoms with Crippen molar-refractivity contribution in [2.45, 2.75) is 45.4 Å². The standard InChI is InChI=1S/C31H35N4/c1-4-23-35-29-15-10-9-14-28(29)31(2,3)30(35)16-8-6-5-7-13-26-17-19-27(20-18-26)34(24-11-21-32)25-12-22-33/h5-10,13-20H,4,11-12,23-25H2,1-3H3/q+1. The molecule has 0 spiro atoms. The van der Waals surface area contributed by atoms with Crippen LogP contribution in [0.5, 0.6) is 0 Å². The molecular formula is C31H35N4+. The first-order chi connectivity index (χ1) is 17.0. The van der Waals surface area contributed by atoms with Gasteiger partial charge in [0, 0.05) is 42.9 Å². The molecule has 0 radical (unpaired) electrons. The summed E-state index contributed by atoms with van der Waals surface area (Å²) in [6, 6.07) is 21.3. The molecule has 1 aliphatic rings. The van der Waals surface area contributed by atoms with Crippen LogP contribution >= 0.6 is 0 Å². The van der Waals surface area contributed by atoms with E-state index >= 15 is 0 Å². The molecule has 1 aliphatic heterocycles. The van der Waals surface area contributed by atoms with E-state index in [4.69, 9.17) is 10.5 Å². The highest BCUT2D eigenvalue weighted by Gasteiger charge is 2.43. The van der Waals surface area contributed by atoms with Crippen molar-refractivity contribution in [3.8, 4) is 12.1 Å². The minimum atomic E-state index is -0.0119. The highest BCUT2D eigenvalue weighted by Crippen LogP contribution is 2.39. The Hall–Kier alpha value is -3.89. The van der Waals surface area contributed by atoms with Crippen LogP contribution in [0.15, 0.2) is 78.9 Å². The topological polar surface area (TPSA) is 53.8 Å². The summed E-state index contributed by atoms with van der Waals surface area (Å²) >= 11 is 0. The first kappa shape index (κ1) is 25.7. The number of nitriles is 2. The van der Waals surface area contributed by atoms with Crippen molar-refractivity contribution in [2.24, 2.45) is 0 Å². The molecule has 0 N–H and O–H groups in total. The van der Waals surface area contributed by atoms with Crippen LogP contribution in [0, 0.1) is 22.7 Å². The predicted octanol–water partition coefficient (Wildman–Crippen LogP) is 6.93. The molecule has 0 saturated heterocycles. The van der Waals surface area contributed by atoms with Crippen molar-refractivity contribution < 1.29 is 4.58 Å². The van der Waals surface area contributed by atoms with Gasteiger partial charge < -0.3 is 4.90 Å². The fourth-order valence-corrected chi connectivity index (χ4v) is 4.58. The largest absolute Gasteiger partial charge is 0.369 e. The van der Waals surface area contributed by atoms with Crippen LogP contribution in [0.4, 0.5) is 11.4 Å². The number of allylic oxidation sites excluding steroid dienone is 5. The molecule has 4 nitrogen and oxygen atoms in total. The second kappa shape index (κ2) is 12.5. The molecule has 4 heteroatoms. The molecule has 1 heterocycles. The lowest BCUT2D eigenvalue weighted by atomic mass is 9.81. The van der Waals surface area contributed by atoms with Gasteiger partial charge in [-0.05, 0) is 31.5 Å². The van der Waals surface area contributed by atoms with Crippen LogP contribution in [0.1, 0.15) is 51.2 Å². The lowest BCUT2D eigenvalue weighted by Crippen LogP contribution is -2.27. The minimum Gasteiger partial charge on any atom is -0.369 e. The van der Waals surface area contributed by atoms with Crippen LogP contribution in [0.25, 0.3) is 6.08 Å². The van der Waals surface area contributed by atoms with Gasteiger partial charge in [0.25, 0.3) is 0 Å². The van der Waals surface area contributed by atoms with Crippen LogP contribution in [-0.4, -0.2) is 29.9 Å². The van der Waals surface area contributed by atoms with Gasteiger partial charge in [-0.25, -0.2) is 0 Å². The SMILES string of the molecule is CCC[N+]1=C(/C=C/C=C/C=C/c2ccc(N(CCC#N)CCC#N)cc2)C(C)(C)c2ccccc21. The molecule has 0 bridgehead atoms. The average molecular weight is 464 g/mol.